The van der Waals surface area contributed by atoms with Crippen molar-refractivity contribution in [3.8, 4) is 11.1 Å². The minimum absolute atomic E-state index is 0.177. The Kier molecular flexibility index (Phi) is 4.94. The predicted octanol–water partition coefficient (Wildman–Crippen LogP) is 3.80. The van der Waals surface area contributed by atoms with Crippen LogP contribution in [0.3, 0.4) is 0 Å². The molecule has 0 spiro atoms. The van der Waals surface area contributed by atoms with E-state index >= 15 is 0 Å². The molecule has 0 saturated heterocycles. The van der Waals surface area contributed by atoms with Gasteiger partial charge in [-0.3, -0.25) is 4.72 Å². The lowest BCUT2D eigenvalue weighted by atomic mass is 10.1. The first kappa shape index (κ1) is 19.9. The lowest BCUT2D eigenvalue weighted by Crippen LogP contribution is -2.15. The lowest BCUT2D eigenvalue weighted by molar-refractivity contribution is 0.0691. The number of benzene rings is 2. The van der Waals surface area contributed by atoms with Crippen LogP contribution in [0.25, 0.3) is 11.1 Å². The van der Waals surface area contributed by atoms with Gasteiger partial charge in [-0.05, 0) is 36.6 Å². The van der Waals surface area contributed by atoms with Gasteiger partial charge in [0, 0.05) is 29.9 Å². The van der Waals surface area contributed by atoms with Crippen LogP contribution < -0.4 is 4.72 Å². The van der Waals surface area contributed by atoms with Crippen molar-refractivity contribution in [1.82, 2.24) is 9.97 Å². The summed E-state index contributed by atoms with van der Waals surface area (Å²) in [6, 6.07) is 6.63. The number of rotatable bonds is 6. The summed E-state index contributed by atoms with van der Waals surface area (Å²) in [6.45, 7) is 0. The summed E-state index contributed by atoms with van der Waals surface area (Å²) in [5, 5.41) is 8.80. The molecule has 1 fully saturated rings. The maximum absolute atomic E-state index is 14.0. The molecule has 30 heavy (non-hydrogen) atoms. The minimum atomic E-state index is -4.23. The summed E-state index contributed by atoms with van der Waals surface area (Å²) in [5.74, 6) is -2.91. The first-order valence-corrected chi connectivity index (χ1v) is 10.4. The second-order valence-electron chi connectivity index (χ2n) is 6.85. The number of hydrogen-bond acceptors (Lipinski definition) is 5. The van der Waals surface area contributed by atoms with Gasteiger partial charge in [0.15, 0.2) is 0 Å². The third kappa shape index (κ3) is 3.99. The first-order valence-electron chi connectivity index (χ1n) is 8.92. The number of carboxylic acids is 1. The topological polar surface area (TPSA) is 109 Å². The number of anilines is 1. The van der Waals surface area contributed by atoms with Crippen molar-refractivity contribution < 1.29 is 27.1 Å². The molecule has 7 nitrogen and oxygen atoms in total. The van der Waals surface area contributed by atoms with Gasteiger partial charge in [0.2, 0.25) is 0 Å². The molecule has 0 aliphatic heterocycles. The van der Waals surface area contributed by atoms with E-state index in [-0.39, 0.29) is 4.90 Å². The largest absolute Gasteiger partial charge is 0.478 e. The molecule has 2 N–H and O–H groups in total. The van der Waals surface area contributed by atoms with E-state index in [2.05, 4.69) is 9.97 Å². The molecule has 154 valence electrons. The van der Waals surface area contributed by atoms with E-state index in [1.165, 1.54) is 12.1 Å². The van der Waals surface area contributed by atoms with E-state index in [1.807, 2.05) is 4.72 Å². The summed E-state index contributed by atoms with van der Waals surface area (Å²) in [7, 11) is -4.23. The molecule has 1 saturated carbocycles. The third-order valence-corrected chi connectivity index (χ3v) is 6.03. The zero-order valence-corrected chi connectivity index (χ0v) is 16.2. The zero-order valence-electron chi connectivity index (χ0n) is 15.3. The number of carboxylic acid groups (broad SMARTS) is 1. The fourth-order valence-corrected chi connectivity index (χ4v) is 3.92. The summed E-state index contributed by atoms with van der Waals surface area (Å²) in [6.07, 6.45) is 5.51. The monoisotopic (exact) mass is 431 g/mol. The number of aromatic nitrogens is 2. The van der Waals surface area contributed by atoms with E-state index in [9.17, 15) is 22.0 Å². The Morgan fingerprint density at radius 1 is 1.00 bits per heavy atom. The molecule has 1 aliphatic carbocycles. The Balaban J connectivity index is 1.56. The SMILES string of the molecule is O=C(O)c1cc(F)c(NS(=O)(=O)c2ccc(-c3cnc(C4CC4)nc3)cc2)cc1F. The molecule has 1 heterocycles. The number of sulfonamides is 1. The van der Waals surface area contributed by atoms with Crippen LogP contribution in [0.15, 0.2) is 53.7 Å². The van der Waals surface area contributed by atoms with Crippen LogP contribution in [-0.2, 0) is 10.0 Å². The van der Waals surface area contributed by atoms with E-state index in [1.54, 1.807) is 24.5 Å². The molecule has 0 radical (unpaired) electrons. The van der Waals surface area contributed by atoms with Crippen molar-refractivity contribution in [2.24, 2.45) is 0 Å². The zero-order chi connectivity index (χ0) is 21.5. The van der Waals surface area contributed by atoms with Crippen LogP contribution in [-0.4, -0.2) is 29.5 Å². The first-order chi connectivity index (χ1) is 14.2. The number of nitrogens with zero attached hydrogens (tertiary/aromatic N) is 2. The van der Waals surface area contributed by atoms with Gasteiger partial charge in [-0.15, -0.1) is 0 Å². The van der Waals surface area contributed by atoms with E-state index < -0.39 is 38.9 Å². The van der Waals surface area contributed by atoms with Crippen molar-refractivity contribution in [3.63, 3.8) is 0 Å². The highest BCUT2D eigenvalue weighted by molar-refractivity contribution is 7.92. The second kappa shape index (κ2) is 7.45. The quantitative estimate of drug-likeness (QED) is 0.615. The highest BCUT2D eigenvalue weighted by Crippen LogP contribution is 2.38. The molecular weight excluding hydrogens is 416 g/mol. The highest BCUT2D eigenvalue weighted by atomic mass is 32.2. The average Bonchev–Trinajstić information content (AvgIpc) is 3.56. The number of aromatic carboxylic acids is 1. The Hall–Kier alpha value is -3.40. The van der Waals surface area contributed by atoms with Gasteiger partial charge in [0.05, 0.1) is 16.1 Å². The summed E-state index contributed by atoms with van der Waals surface area (Å²) >= 11 is 0. The van der Waals surface area contributed by atoms with E-state index in [0.29, 0.717) is 29.2 Å². The average molecular weight is 431 g/mol. The highest BCUT2D eigenvalue weighted by Gasteiger charge is 2.26. The molecular formula is C20H15F2N3O4S. The molecule has 1 aromatic heterocycles. The summed E-state index contributed by atoms with van der Waals surface area (Å²) in [5.41, 5.74) is -0.173. The van der Waals surface area contributed by atoms with Crippen LogP contribution >= 0.6 is 0 Å². The van der Waals surface area contributed by atoms with Gasteiger partial charge in [-0.2, -0.15) is 0 Å². The number of halogens is 2. The normalized spacial score (nSPS) is 13.8. The Morgan fingerprint density at radius 2 is 1.63 bits per heavy atom. The smallest absolute Gasteiger partial charge is 0.338 e. The second-order valence-corrected chi connectivity index (χ2v) is 8.53. The standard InChI is InChI=1S/C20H15F2N3O4S/c21-16-8-18(17(22)7-15(16)20(26)27)25-30(28,29)14-5-3-11(4-6-14)13-9-23-19(24-10-13)12-1-2-12/h3-10,12,25H,1-2H2,(H,26,27). The van der Waals surface area contributed by atoms with Crippen LogP contribution in [0.4, 0.5) is 14.5 Å². The van der Waals surface area contributed by atoms with Crippen molar-refractivity contribution in [2.75, 3.05) is 4.72 Å². The van der Waals surface area contributed by atoms with Crippen LogP contribution in [0.5, 0.6) is 0 Å². The fourth-order valence-electron chi connectivity index (χ4n) is 2.86. The maximum Gasteiger partial charge on any atom is 0.338 e. The molecule has 4 rings (SSSR count). The summed E-state index contributed by atoms with van der Waals surface area (Å²) < 4.78 is 54.8. The predicted molar refractivity (Wildman–Crippen MR) is 104 cm³/mol. The molecule has 0 amide bonds. The molecule has 2 aromatic carbocycles. The number of hydrogen-bond donors (Lipinski definition) is 2. The number of nitrogens with one attached hydrogen (secondary N) is 1. The van der Waals surface area contributed by atoms with Crippen molar-refractivity contribution in [2.45, 2.75) is 23.7 Å². The van der Waals surface area contributed by atoms with Gasteiger partial charge in [0.25, 0.3) is 10.0 Å². The third-order valence-electron chi connectivity index (χ3n) is 4.64. The molecule has 0 atom stereocenters. The lowest BCUT2D eigenvalue weighted by Gasteiger charge is -2.11. The maximum atomic E-state index is 14.0. The van der Waals surface area contributed by atoms with Gasteiger partial charge in [0.1, 0.15) is 17.5 Å². The van der Waals surface area contributed by atoms with Crippen molar-refractivity contribution in [1.29, 1.82) is 0 Å². The molecule has 10 heteroatoms. The molecule has 3 aromatic rings. The van der Waals surface area contributed by atoms with Crippen molar-refractivity contribution in [3.05, 3.63) is 71.8 Å². The van der Waals surface area contributed by atoms with Crippen molar-refractivity contribution >= 4 is 21.7 Å². The minimum Gasteiger partial charge on any atom is -0.478 e. The van der Waals surface area contributed by atoms with Gasteiger partial charge >= 0.3 is 5.97 Å². The van der Waals surface area contributed by atoms with E-state index in [0.717, 1.165) is 18.7 Å². The molecule has 1 aliphatic rings. The van der Waals surface area contributed by atoms with Gasteiger partial charge < -0.3 is 5.11 Å². The Bertz CT molecular complexity index is 1230. The Labute approximate surface area is 170 Å². The van der Waals surface area contributed by atoms with Gasteiger partial charge in [-0.1, -0.05) is 12.1 Å². The van der Waals surface area contributed by atoms with E-state index in [4.69, 9.17) is 5.11 Å². The fraction of sp³-hybridized carbons (Fsp3) is 0.150. The van der Waals surface area contributed by atoms with Crippen LogP contribution in [0.1, 0.15) is 34.9 Å². The molecule has 0 unspecified atom stereocenters. The Morgan fingerprint density at radius 3 is 2.20 bits per heavy atom. The summed E-state index contributed by atoms with van der Waals surface area (Å²) in [4.78, 5) is 19.3. The number of carbonyl (C=O) groups is 1. The van der Waals surface area contributed by atoms with Crippen LogP contribution in [0, 0.1) is 11.6 Å². The van der Waals surface area contributed by atoms with Gasteiger partial charge in [-0.25, -0.2) is 32.0 Å². The molecule has 0 bridgehead atoms. The van der Waals surface area contributed by atoms with Crippen LogP contribution in [0.2, 0.25) is 0 Å².